The Hall–Kier alpha value is -3.78. The van der Waals surface area contributed by atoms with Crippen LogP contribution in [0.25, 0.3) is 28.1 Å². The number of carbonyl (C=O) groups is 1. The highest BCUT2D eigenvalue weighted by molar-refractivity contribution is 7.92. The molecule has 3 atom stereocenters. The first-order valence-corrected chi connectivity index (χ1v) is 15.7. The lowest BCUT2D eigenvalue weighted by Gasteiger charge is -2.20. The van der Waals surface area contributed by atoms with Gasteiger partial charge in [-0.2, -0.15) is 13.1 Å². The minimum Gasteiger partial charge on any atom is -0.482 e. The van der Waals surface area contributed by atoms with Crippen LogP contribution >= 0.6 is 0 Å². The number of carbonyl (C=O) groups excluding carboxylic acids is 1. The summed E-state index contributed by atoms with van der Waals surface area (Å²) in [4.78, 5) is 24.5. The van der Waals surface area contributed by atoms with Crippen LogP contribution in [0.5, 0.6) is 5.88 Å². The fourth-order valence-corrected chi connectivity index (χ4v) is 7.04. The molecule has 1 saturated heterocycles. The minimum absolute atomic E-state index is 0.0255. The van der Waals surface area contributed by atoms with Gasteiger partial charge in [-0.15, -0.1) is 0 Å². The summed E-state index contributed by atoms with van der Waals surface area (Å²) in [6.07, 6.45) is 2.78. The number of imidazole rings is 1. The summed E-state index contributed by atoms with van der Waals surface area (Å²) >= 11 is 0. The van der Waals surface area contributed by atoms with E-state index in [1.165, 1.54) is 13.2 Å². The number of pyridine rings is 2. The zero-order valence-electron chi connectivity index (χ0n) is 23.4. The van der Waals surface area contributed by atoms with Crippen LogP contribution in [0.4, 0.5) is 14.6 Å². The monoisotopic (exact) mass is 599 g/mol. The molecule has 7 rings (SSSR count). The van der Waals surface area contributed by atoms with E-state index in [4.69, 9.17) is 15.5 Å². The Morgan fingerprint density at radius 1 is 1.17 bits per heavy atom. The molecule has 1 amide bonds. The van der Waals surface area contributed by atoms with Gasteiger partial charge in [0, 0.05) is 42.7 Å². The van der Waals surface area contributed by atoms with Gasteiger partial charge >= 0.3 is 6.55 Å². The maximum absolute atomic E-state index is 13.8. The van der Waals surface area contributed by atoms with E-state index >= 15 is 0 Å². The van der Waals surface area contributed by atoms with Crippen molar-refractivity contribution in [2.45, 2.75) is 38.9 Å². The molecule has 0 aromatic carbocycles. The van der Waals surface area contributed by atoms with Gasteiger partial charge in [-0.1, -0.05) is 0 Å². The third kappa shape index (κ3) is 4.30. The quantitative estimate of drug-likeness (QED) is 0.308. The van der Waals surface area contributed by atoms with Crippen LogP contribution in [-0.2, 0) is 16.6 Å². The van der Waals surface area contributed by atoms with Gasteiger partial charge in [0.05, 0.1) is 24.8 Å². The molecular formula is C28H31F2N7O4S. The van der Waals surface area contributed by atoms with Crippen LogP contribution in [0.3, 0.4) is 0 Å². The van der Waals surface area contributed by atoms with Crippen molar-refractivity contribution >= 4 is 38.4 Å². The number of fused-ring (bicyclic) bond motifs is 3. The van der Waals surface area contributed by atoms with Gasteiger partial charge in [0.25, 0.3) is 5.91 Å². The van der Waals surface area contributed by atoms with Gasteiger partial charge in [-0.25, -0.2) is 18.4 Å². The molecule has 4 aromatic rings. The maximum Gasteiger partial charge on any atom is 0.329 e. The number of hydrogen-bond donors (Lipinski definition) is 1. The van der Waals surface area contributed by atoms with Crippen molar-refractivity contribution in [2.24, 2.45) is 23.5 Å². The molecule has 0 bridgehead atoms. The standard InChI is InChI=1S/C28H31F2N7O4S/c1-14-25(32-22-9-17(10-23(41-2)36(14)22)27(38)34-12-18-19(13-34)24(18)31)20-8-16-6-7-21(37(28(29)30)42(3,39)40)33-26(16)35(20)11-15-4-5-15/h6-10,15,18-19,24,28H,4-5,11-13,31H2,1-3H3/t18-,19+,24?. The number of piperidine rings is 1. The van der Waals surface area contributed by atoms with Crippen molar-refractivity contribution in [2.75, 3.05) is 30.8 Å². The smallest absolute Gasteiger partial charge is 0.329 e. The largest absolute Gasteiger partial charge is 0.482 e. The van der Waals surface area contributed by atoms with Crippen LogP contribution in [0.2, 0.25) is 0 Å². The maximum atomic E-state index is 13.8. The van der Waals surface area contributed by atoms with Gasteiger partial charge in [-0.05, 0) is 61.8 Å². The zero-order valence-corrected chi connectivity index (χ0v) is 24.2. The van der Waals surface area contributed by atoms with E-state index in [0.29, 0.717) is 76.9 Å². The number of aryl methyl sites for hydroxylation is 1. The van der Waals surface area contributed by atoms with Gasteiger partial charge < -0.3 is 19.9 Å². The highest BCUT2D eigenvalue weighted by Crippen LogP contribution is 2.44. The van der Waals surface area contributed by atoms with E-state index in [2.05, 4.69) is 4.98 Å². The minimum atomic E-state index is -4.26. The molecule has 222 valence electrons. The molecule has 14 heteroatoms. The second-order valence-electron chi connectivity index (χ2n) is 11.6. The molecule has 1 unspecified atom stereocenters. The summed E-state index contributed by atoms with van der Waals surface area (Å²) in [6.45, 7) is 0.500. The lowest BCUT2D eigenvalue weighted by atomic mass is 10.2. The summed E-state index contributed by atoms with van der Waals surface area (Å²) in [5.41, 5.74) is 9.57. The molecule has 1 aliphatic heterocycles. The van der Waals surface area contributed by atoms with Crippen LogP contribution in [0.1, 0.15) is 28.9 Å². The number of ether oxygens (including phenoxy) is 1. The Balaban J connectivity index is 1.34. The van der Waals surface area contributed by atoms with Gasteiger partial charge in [0.2, 0.25) is 10.0 Å². The van der Waals surface area contributed by atoms with Gasteiger partial charge in [0.15, 0.2) is 5.88 Å². The SMILES string of the molecule is COc1cc(C(=O)N2C[C@@H]3C(N)[C@@H]3C2)cc2nc(-c3cc4ccc(N(C(F)F)S(C)(=O)=O)nc4n3CC3CC3)c(C)n12. The molecule has 3 aliphatic rings. The normalized spacial score (nSPS) is 21.9. The third-order valence-electron chi connectivity index (χ3n) is 8.79. The average Bonchev–Trinajstić information content (AvgIpc) is 3.69. The Labute approximate surface area is 240 Å². The van der Waals surface area contributed by atoms with E-state index < -0.39 is 16.6 Å². The molecule has 5 heterocycles. The topological polar surface area (TPSA) is 128 Å². The molecule has 42 heavy (non-hydrogen) atoms. The Bertz CT molecular complexity index is 1850. The van der Waals surface area contributed by atoms with Crippen LogP contribution < -0.4 is 14.8 Å². The van der Waals surface area contributed by atoms with Crippen molar-refractivity contribution in [3.8, 4) is 17.3 Å². The first kappa shape index (κ1) is 27.1. The van der Waals surface area contributed by atoms with Crippen molar-refractivity contribution in [3.05, 3.63) is 41.6 Å². The molecule has 0 spiro atoms. The molecule has 2 N–H and O–H groups in total. The molecule has 2 aliphatic carbocycles. The summed E-state index contributed by atoms with van der Waals surface area (Å²) < 4.78 is 61.3. The second kappa shape index (κ2) is 9.36. The lowest BCUT2D eigenvalue weighted by Crippen LogP contribution is -2.35. The Morgan fingerprint density at radius 2 is 1.88 bits per heavy atom. The first-order chi connectivity index (χ1) is 20.0. The number of methoxy groups -OCH3 is 1. The van der Waals surface area contributed by atoms with Crippen LogP contribution in [-0.4, -0.2) is 77.2 Å². The van der Waals surface area contributed by atoms with E-state index in [-0.39, 0.29) is 22.1 Å². The number of alkyl halides is 2. The number of rotatable bonds is 8. The zero-order chi connectivity index (χ0) is 29.7. The number of hydrogen-bond acceptors (Lipinski definition) is 7. The third-order valence-corrected chi connectivity index (χ3v) is 9.85. The Kier molecular flexibility index (Phi) is 6.04. The molecule has 4 aromatic heterocycles. The summed E-state index contributed by atoms with van der Waals surface area (Å²) in [5.74, 6) is 1.14. The van der Waals surface area contributed by atoms with E-state index in [1.807, 2.05) is 26.9 Å². The van der Waals surface area contributed by atoms with E-state index in [1.54, 1.807) is 18.2 Å². The fourth-order valence-electron chi connectivity index (χ4n) is 6.31. The summed E-state index contributed by atoms with van der Waals surface area (Å²) in [5, 5.41) is 0.669. The number of halogens is 2. The lowest BCUT2D eigenvalue weighted by molar-refractivity contribution is 0.0772. The van der Waals surface area contributed by atoms with Crippen LogP contribution in [0, 0.1) is 24.7 Å². The highest BCUT2D eigenvalue weighted by atomic mass is 32.2. The Morgan fingerprint density at radius 3 is 2.50 bits per heavy atom. The van der Waals surface area contributed by atoms with Crippen LogP contribution in [0.15, 0.2) is 30.3 Å². The van der Waals surface area contributed by atoms with Crippen molar-refractivity contribution in [1.82, 2.24) is 23.8 Å². The van der Waals surface area contributed by atoms with Crippen molar-refractivity contribution < 1.29 is 26.7 Å². The fraction of sp³-hybridized carbons (Fsp3) is 0.464. The summed E-state index contributed by atoms with van der Waals surface area (Å²) in [6, 6.07) is 8.42. The molecule has 11 nitrogen and oxygen atoms in total. The molecule has 3 fully saturated rings. The molecular weight excluding hydrogens is 568 g/mol. The number of nitrogens with zero attached hydrogens (tertiary/aromatic N) is 6. The predicted molar refractivity (Wildman–Crippen MR) is 152 cm³/mol. The van der Waals surface area contributed by atoms with Crippen molar-refractivity contribution in [1.29, 1.82) is 0 Å². The predicted octanol–water partition coefficient (Wildman–Crippen LogP) is 3.10. The number of nitrogens with two attached hydrogens (primary N) is 1. The number of anilines is 1. The van der Waals surface area contributed by atoms with Gasteiger partial charge in [0.1, 0.15) is 22.8 Å². The number of sulfonamides is 1. The van der Waals surface area contributed by atoms with E-state index in [0.717, 1.165) is 24.8 Å². The van der Waals surface area contributed by atoms with Gasteiger partial charge in [-0.3, -0.25) is 9.20 Å². The first-order valence-electron chi connectivity index (χ1n) is 13.9. The highest BCUT2D eigenvalue weighted by Gasteiger charge is 2.54. The van der Waals surface area contributed by atoms with Crippen molar-refractivity contribution in [3.63, 3.8) is 0 Å². The number of aromatic nitrogens is 4. The average molecular weight is 600 g/mol. The molecule has 2 saturated carbocycles. The number of likely N-dealkylation sites (tertiary alicyclic amines) is 1. The van der Waals surface area contributed by atoms with E-state index in [9.17, 15) is 22.0 Å². The number of amides is 1. The second-order valence-corrected chi connectivity index (χ2v) is 13.5. The molecule has 0 radical (unpaired) electrons. The summed E-state index contributed by atoms with van der Waals surface area (Å²) in [7, 11) is -2.72.